The van der Waals surface area contributed by atoms with Crippen molar-refractivity contribution in [3.63, 3.8) is 0 Å². The highest BCUT2D eigenvalue weighted by Gasteiger charge is 2.25. The molecule has 1 saturated heterocycles. The standard InChI is InChI=1S/C15H23ClN2O4S2/c1-11(5-6-12-4-3-9-22-12)17-14(19)10-18(2)24(20,21)15-8-7-13(16)23-15/h7-8,11-12H,3-6,9-10H2,1-2H3,(H,17,19). The lowest BCUT2D eigenvalue weighted by atomic mass is 10.1. The van der Waals surface area contributed by atoms with Crippen molar-refractivity contribution in [1.82, 2.24) is 9.62 Å². The Morgan fingerprint density at radius 2 is 2.29 bits per heavy atom. The van der Waals surface area contributed by atoms with Gasteiger partial charge in [-0.15, -0.1) is 11.3 Å². The highest BCUT2D eigenvalue weighted by molar-refractivity contribution is 7.91. The molecule has 0 spiro atoms. The van der Waals surface area contributed by atoms with Crippen molar-refractivity contribution >= 4 is 38.9 Å². The van der Waals surface area contributed by atoms with Crippen molar-refractivity contribution < 1.29 is 17.9 Å². The van der Waals surface area contributed by atoms with Crippen LogP contribution in [0.1, 0.15) is 32.6 Å². The predicted octanol–water partition coefficient (Wildman–Crippen LogP) is 2.49. The zero-order chi connectivity index (χ0) is 17.7. The minimum atomic E-state index is -3.69. The summed E-state index contributed by atoms with van der Waals surface area (Å²) in [5.74, 6) is -0.316. The van der Waals surface area contributed by atoms with Crippen LogP contribution in [-0.2, 0) is 19.6 Å². The molecular weight excluding hydrogens is 372 g/mol. The van der Waals surface area contributed by atoms with Gasteiger partial charge in [0.05, 0.1) is 17.0 Å². The smallest absolute Gasteiger partial charge is 0.252 e. The topological polar surface area (TPSA) is 75.7 Å². The van der Waals surface area contributed by atoms with Crippen LogP contribution in [0.4, 0.5) is 0 Å². The van der Waals surface area contributed by atoms with Gasteiger partial charge in [-0.25, -0.2) is 8.42 Å². The Morgan fingerprint density at radius 3 is 2.88 bits per heavy atom. The highest BCUT2D eigenvalue weighted by atomic mass is 35.5. The molecule has 2 heterocycles. The van der Waals surface area contributed by atoms with E-state index < -0.39 is 10.0 Å². The van der Waals surface area contributed by atoms with E-state index in [4.69, 9.17) is 16.3 Å². The van der Waals surface area contributed by atoms with Crippen molar-refractivity contribution in [3.05, 3.63) is 16.5 Å². The maximum atomic E-state index is 12.3. The molecule has 0 radical (unpaired) electrons. The molecule has 9 heteroatoms. The summed E-state index contributed by atoms with van der Waals surface area (Å²) in [6.45, 7) is 2.52. The molecule has 2 rings (SSSR count). The maximum absolute atomic E-state index is 12.3. The monoisotopic (exact) mass is 394 g/mol. The molecule has 2 unspecified atom stereocenters. The number of carbonyl (C=O) groups is 1. The van der Waals surface area contributed by atoms with Crippen LogP contribution in [-0.4, -0.2) is 51.0 Å². The third-order valence-electron chi connectivity index (χ3n) is 3.93. The first-order valence-corrected chi connectivity index (χ1v) is 10.5. The number of rotatable bonds is 8. The van der Waals surface area contributed by atoms with E-state index in [0.29, 0.717) is 4.34 Å². The second kappa shape index (κ2) is 8.62. The predicted molar refractivity (Wildman–Crippen MR) is 95.0 cm³/mol. The first kappa shape index (κ1) is 19.7. The maximum Gasteiger partial charge on any atom is 0.252 e. The molecule has 136 valence electrons. The molecule has 6 nitrogen and oxygen atoms in total. The fourth-order valence-corrected chi connectivity index (χ4v) is 5.40. The van der Waals surface area contributed by atoms with Crippen molar-refractivity contribution in [1.29, 1.82) is 0 Å². The average molecular weight is 395 g/mol. The van der Waals surface area contributed by atoms with Gasteiger partial charge in [-0.05, 0) is 44.7 Å². The molecule has 1 aliphatic rings. The van der Waals surface area contributed by atoms with Crippen molar-refractivity contribution in [2.45, 2.75) is 49.0 Å². The molecule has 1 aromatic heterocycles. The molecule has 0 bridgehead atoms. The molecule has 1 aliphatic heterocycles. The Kier molecular flexibility index (Phi) is 7.06. The third kappa shape index (κ3) is 5.42. The van der Waals surface area contributed by atoms with Gasteiger partial charge in [-0.3, -0.25) is 4.79 Å². The number of likely N-dealkylation sites (N-methyl/N-ethyl adjacent to an activating group) is 1. The number of hydrogen-bond donors (Lipinski definition) is 1. The second-order valence-electron chi connectivity index (χ2n) is 6.00. The third-order valence-corrected chi connectivity index (χ3v) is 7.43. The average Bonchev–Trinajstić information content (AvgIpc) is 3.16. The SMILES string of the molecule is CC(CCC1CCCO1)NC(=O)CN(C)S(=O)(=O)c1ccc(Cl)s1. The van der Waals surface area contributed by atoms with Gasteiger partial charge in [0.15, 0.2) is 0 Å². The summed E-state index contributed by atoms with van der Waals surface area (Å²) in [7, 11) is -2.30. The Morgan fingerprint density at radius 1 is 1.54 bits per heavy atom. The lowest BCUT2D eigenvalue weighted by Crippen LogP contribution is -2.41. The summed E-state index contributed by atoms with van der Waals surface area (Å²) < 4.78 is 31.8. The fourth-order valence-electron chi connectivity index (χ4n) is 2.58. The van der Waals surface area contributed by atoms with E-state index in [2.05, 4.69) is 5.32 Å². The van der Waals surface area contributed by atoms with Crippen LogP contribution >= 0.6 is 22.9 Å². The second-order valence-corrected chi connectivity index (χ2v) is 9.99. The summed E-state index contributed by atoms with van der Waals surface area (Å²) in [6.07, 6.45) is 4.18. The van der Waals surface area contributed by atoms with Gasteiger partial charge in [-0.1, -0.05) is 11.6 Å². The molecule has 0 saturated carbocycles. The van der Waals surface area contributed by atoms with E-state index in [-0.39, 0.29) is 28.8 Å². The number of amides is 1. The van der Waals surface area contributed by atoms with E-state index >= 15 is 0 Å². The van der Waals surface area contributed by atoms with Crippen LogP contribution in [0.2, 0.25) is 4.34 Å². The molecule has 0 aliphatic carbocycles. The molecular formula is C15H23ClN2O4S2. The van der Waals surface area contributed by atoms with Crippen LogP contribution in [0, 0.1) is 0 Å². The Balaban J connectivity index is 1.80. The highest BCUT2D eigenvalue weighted by Crippen LogP contribution is 2.27. The van der Waals surface area contributed by atoms with Crippen molar-refractivity contribution in [2.24, 2.45) is 0 Å². The van der Waals surface area contributed by atoms with Crippen molar-refractivity contribution in [2.75, 3.05) is 20.2 Å². The lowest BCUT2D eigenvalue weighted by Gasteiger charge is -2.19. The van der Waals surface area contributed by atoms with Gasteiger partial charge < -0.3 is 10.1 Å². The molecule has 24 heavy (non-hydrogen) atoms. The lowest BCUT2D eigenvalue weighted by molar-refractivity contribution is -0.121. The van der Waals surface area contributed by atoms with Crippen LogP contribution in [0.15, 0.2) is 16.3 Å². The first-order valence-electron chi connectivity index (χ1n) is 7.91. The Labute approximate surface area is 152 Å². The van der Waals surface area contributed by atoms with Crippen LogP contribution in [0.25, 0.3) is 0 Å². The Bertz CT molecular complexity index is 656. The largest absolute Gasteiger partial charge is 0.378 e. The number of carbonyl (C=O) groups excluding carboxylic acids is 1. The normalized spacial score (nSPS) is 19.6. The molecule has 2 atom stereocenters. The summed E-state index contributed by atoms with van der Waals surface area (Å²) in [5.41, 5.74) is 0. The van der Waals surface area contributed by atoms with E-state index in [0.717, 1.165) is 47.9 Å². The quantitative estimate of drug-likeness (QED) is 0.734. The van der Waals surface area contributed by atoms with Crippen LogP contribution in [0.3, 0.4) is 0 Å². The zero-order valence-corrected chi connectivity index (χ0v) is 16.2. The van der Waals surface area contributed by atoms with Crippen LogP contribution < -0.4 is 5.32 Å². The van der Waals surface area contributed by atoms with Gasteiger partial charge in [0.25, 0.3) is 10.0 Å². The molecule has 1 N–H and O–H groups in total. The van der Waals surface area contributed by atoms with E-state index in [9.17, 15) is 13.2 Å². The summed E-state index contributed by atoms with van der Waals surface area (Å²) in [5, 5.41) is 2.84. The van der Waals surface area contributed by atoms with Gasteiger partial charge in [0.2, 0.25) is 5.91 Å². The van der Waals surface area contributed by atoms with Crippen LogP contribution in [0.5, 0.6) is 0 Å². The number of halogens is 1. The van der Waals surface area contributed by atoms with Gasteiger partial charge >= 0.3 is 0 Å². The van der Waals surface area contributed by atoms with Gasteiger partial charge in [0, 0.05) is 19.7 Å². The number of nitrogens with one attached hydrogen (secondary N) is 1. The minimum absolute atomic E-state index is 0.0195. The number of sulfonamides is 1. The van der Waals surface area contributed by atoms with E-state index in [1.54, 1.807) is 0 Å². The fraction of sp³-hybridized carbons (Fsp3) is 0.667. The minimum Gasteiger partial charge on any atom is -0.378 e. The molecule has 1 fully saturated rings. The molecule has 0 aromatic carbocycles. The van der Waals surface area contributed by atoms with E-state index in [1.807, 2.05) is 6.92 Å². The number of hydrogen-bond acceptors (Lipinski definition) is 5. The van der Waals surface area contributed by atoms with E-state index in [1.165, 1.54) is 19.2 Å². The van der Waals surface area contributed by atoms with Crippen molar-refractivity contribution in [3.8, 4) is 0 Å². The first-order chi connectivity index (χ1) is 11.3. The van der Waals surface area contributed by atoms with Gasteiger partial charge in [-0.2, -0.15) is 4.31 Å². The Hall–Kier alpha value is -0.670. The zero-order valence-electron chi connectivity index (χ0n) is 13.8. The summed E-state index contributed by atoms with van der Waals surface area (Å²) in [4.78, 5) is 12.1. The van der Waals surface area contributed by atoms with Gasteiger partial charge in [0.1, 0.15) is 4.21 Å². The summed E-state index contributed by atoms with van der Waals surface area (Å²) >= 11 is 6.76. The number of thiophene rings is 1. The number of nitrogens with zero attached hydrogens (tertiary/aromatic N) is 1. The number of ether oxygens (including phenoxy) is 1. The summed E-state index contributed by atoms with van der Waals surface area (Å²) in [6, 6.07) is 2.95. The molecule has 1 amide bonds. The molecule has 1 aromatic rings.